The van der Waals surface area contributed by atoms with Crippen molar-refractivity contribution in [1.82, 2.24) is 14.9 Å². The molecule has 2 aromatic heterocycles. The third-order valence-corrected chi connectivity index (χ3v) is 5.53. The first-order chi connectivity index (χ1) is 15.5. The van der Waals surface area contributed by atoms with Crippen LogP contribution in [0.5, 0.6) is 11.5 Å². The number of rotatable bonds is 5. The minimum absolute atomic E-state index is 0.280. The van der Waals surface area contributed by atoms with Crippen LogP contribution in [-0.2, 0) is 4.74 Å². The van der Waals surface area contributed by atoms with Crippen molar-refractivity contribution in [2.24, 2.45) is 0 Å². The van der Waals surface area contributed by atoms with Gasteiger partial charge < -0.3 is 29.7 Å². The van der Waals surface area contributed by atoms with E-state index in [-0.39, 0.29) is 6.09 Å². The molecule has 0 spiro atoms. The third kappa shape index (κ3) is 4.05. The summed E-state index contributed by atoms with van der Waals surface area (Å²) in [6, 6.07) is 9.49. The molecule has 9 nitrogen and oxygen atoms in total. The number of ether oxygens (including phenoxy) is 3. The molecule has 1 aromatic carbocycles. The SMILES string of the molecule is CCOC(=O)N1CCN(c2cc(N)c3nccc(-c4ccc(OC)c(OC)c4)c3n2)CC1. The number of nitrogen functional groups attached to an aromatic ring is 1. The van der Waals surface area contributed by atoms with Gasteiger partial charge in [-0.15, -0.1) is 0 Å². The molecule has 0 atom stereocenters. The number of anilines is 2. The largest absolute Gasteiger partial charge is 0.493 e. The fraction of sp³-hybridized carbons (Fsp3) is 0.348. The van der Waals surface area contributed by atoms with Crippen LogP contribution in [0, 0.1) is 0 Å². The third-order valence-electron chi connectivity index (χ3n) is 5.53. The quantitative estimate of drug-likeness (QED) is 0.649. The van der Waals surface area contributed by atoms with Gasteiger partial charge in [0.2, 0.25) is 0 Å². The van der Waals surface area contributed by atoms with Gasteiger partial charge >= 0.3 is 6.09 Å². The minimum Gasteiger partial charge on any atom is -0.493 e. The van der Waals surface area contributed by atoms with E-state index < -0.39 is 0 Å². The Morgan fingerprint density at radius 1 is 1.03 bits per heavy atom. The zero-order valence-electron chi connectivity index (χ0n) is 18.5. The molecule has 0 unspecified atom stereocenters. The van der Waals surface area contributed by atoms with E-state index in [1.807, 2.05) is 30.3 Å². The molecule has 0 bridgehead atoms. The Balaban J connectivity index is 1.69. The van der Waals surface area contributed by atoms with Gasteiger partial charge in [0.1, 0.15) is 16.9 Å². The summed E-state index contributed by atoms with van der Waals surface area (Å²) in [5.74, 6) is 2.05. The number of pyridine rings is 2. The normalized spacial score (nSPS) is 13.8. The number of hydrogen-bond acceptors (Lipinski definition) is 8. The number of nitrogens with zero attached hydrogens (tertiary/aromatic N) is 4. The molecule has 168 valence electrons. The van der Waals surface area contributed by atoms with Gasteiger partial charge in [-0.05, 0) is 30.7 Å². The van der Waals surface area contributed by atoms with Gasteiger partial charge in [-0.3, -0.25) is 4.98 Å². The number of carbonyl (C=O) groups excluding carboxylic acids is 1. The number of nitrogens with two attached hydrogens (primary N) is 1. The van der Waals surface area contributed by atoms with E-state index in [1.165, 1.54) is 0 Å². The maximum absolute atomic E-state index is 12.0. The molecule has 2 N–H and O–H groups in total. The van der Waals surface area contributed by atoms with Gasteiger partial charge in [-0.25, -0.2) is 9.78 Å². The highest BCUT2D eigenvalue weighted by Gasteiger charge is 2.24. The number of piperazine rings is 1. The lowest BCUT2D eigenvalue weighted by molar-refractivity contribution is 0.105. The van der Waals surface area contributed by atoms with Crippen LogP contribution in [0.1, 0.15) is 6.92 Å². The Morgan fingerprint density at radius 2 is 1.78 bits per heavy atom. The van der Waals surface area contributed by atoms with Crippen LogP contribution in [0.2, 0.25) is 0 Å². The Hall–Kier alpha value is -3.75. The summed E-state index contributed by atoms with van der Waals surface area (Å²) in [5.41, 5.74) is 10.1. The molecule has 3 aromatic rings. The van der Waals surface area contributed by atoms with Crippen molar-refractivity contribution in [3.8, 4) is 22.6 Å². The summed E-state index contributed by atoms with van der Waals surface area (Å²) >= 11 is 0. The average molecular weight is 438 g/mol. The van der Waals surface area contributed by atoms with Gasteiger partial charge in [0.25, 0.3) is 0 Å². The molecule has 1 fully saturated rings. The van der Waals surface area contributed by atoms with Gasteiger partial charge in [0.05, 0.1) is 26.5 Å². The number of hydrogen-bond donors (Lipinski definition) is 1. The number of amides is 1. The molecule has 4 rings (SSSR count). The second-order valence-electron chi connectivity index (χ2n) is 7.37. The van der Waals surface area contributed by atoms with E-state index in [4.69, 9.17) is 24.9 Å². The van der Waals surface area contributed by atoms with Crippen molar-refractivity contribution < 1.29 is 19.0 Å². The van der Waals surface area contributed by atoms with Crippen molar-refractivity contribution in [3.05, 3.63) is 36.5 Å². The smallest absolute Gasteiger partial charge is 0.409 e. The van der Waals surface area contributed by atoms with Crippen LogP contribution in [0.15, 0.2) is 36.5 Å². The Bertz CT molecular complexity index is 1130. The molecule has 3 heterocycles. The second kappa shape index (κ2) is 9.17. The highest BCUT2D eigenvalue weighted by Crippen LogP contribution is 2.36. The number of methoxy groups -OCH3 is 2. The van der Waals surface area contributed by atoms with E-state index in [1.54, 1.807) is 32.2 Å². The van der Waals surface area contributed by atoms with Gasteiger partial charge in [-0.2, -0.15) is 0 Å². The summed E-state index contributed by atoms with van der Waals surface area (Å²) < 4.78 is 15.9. The molecule has 0 aliphatic carbocycles. The van der Waals surface area contributed by atoms with Crippen LogP contribution in [0.25, 0.3) is 22.2 Å². The monoisotopic (exact) mass is 437 g/mol. The van der Waals surface area contributed by atoms with Crippen molar-refractivity contribution in [1.29, 1.82) is 0 Å². The minimum atomic E-state index is -0.280. The number of aromatic nitrogens is 2. The standard InChI is InChI=1S/C23H27N5O4/c1-4-32-23(29)28-11-9-27(10-12-28)20-14-17(24)22-21(26-20)16(7-8-25-22)15-5-6-18(30-2)19(13-15)31-3/h5-8,13-14H,4,9-12H2,1-3H3,(H2,24,26). The van der Waals surface area contributed by atoms with Crippen molar-refractivity contribution in [3.63, 3.8) is 0 Å². The Kier molecular flexibility index (Phi) is 6.16. The molecule has 1 aliphatic heterocycles. The molecule has 1 amide bonds. The number of benzene rings is 1. The number of fused-ring (bicyclic) bond motifs is 1. The highest BCUT2D eigenvalue weighted by atomic mass is 16.6. The maximum atomic E-state index is 12.0. The predicted molar refractivity (Wildman–Crippen MR) is 123 cm³/mol. The van der Waals surface area contributed by atoms with Crippen LogP contribution >= 0.6 is 0 Å². The van der Waals surface area contributed by atoms with Crippen LogP contribution in [0.3, 0.4) is 0 Å². The van der Waals surface area contributed by atoms with Gasteiger partial charge in [0.15, 0.2) is 11.5 Å². The maximum Gasteiger partial charge on any atom is 0.409 e. The zero-order chi connectivity index (χ0) is 22.7. The van der Waals surface area contributed by atoms with E-state index in [0.29, 0.717) is 61.0 Å². The fourth-order valence-corrected chi connectivity index (χ4v) is 3.86. The first-order valence-corrected chi connectivity index (χ1v) is 10.5. The first-order valence-electron chi connectivity index (χ1n) is 10.5. The van der Waals surface area contributed by atoms with Crippen molar-refractivity contribution in [2.75, 3.05) is 57.6 Å². The fourth-order valence-electron chi connectivity index (χ4n) is 3.86. The van der Waals surface area contributed by atoms with Crippen LogP contribution < -0.4 is 20.1 Å². The van der Waals surface area contributed by atoms with Crippen LogP contribution in [-0.4, -0.2) is 68.0 Å². The molecular weight excluding hydrogens is 410 g/mol. The van der Waals surface area contributed by atoms with E-state index in [2.05, 4.69) is 9.88 Å². The molecule has 9 heteroatoms. The lowest BCUT2D eigenvalue weighted by atomic mass is 10.0. The Morgan fingerprint density at radius 3 is 2.47 bits per heavy atom. The first kappa shape index (κ1) is 21.5. The van der Waals surface area contributed by atoms with Crippen molar-refractivity contribution >= 4 is 28.6 Å². The van der Waals surface area contributed by atoms with E-state index in [9.17, 15) is 4.79 Å². The summed E-state index contributed by atoms with van der Waals surface area (Å²) in [6.07, 6.45) is 1.45. The lowest BCUT2D eigenvalue weighted by Gasteiger charge is -2.35. The number of carbonyl (C=O) groups is 1. The van der Waals surface area contributed by atoms with E-state index in [0.717, 1.165) is 16.9 Å². The highest BCUT2D eigenvalue weighted by molar-refractivity contribution is 5.98. The van der Waals surface area contributed by atoms with Gasteiger partial charge in [0, 0.05) is 44.0 Å². The van der Waals surface area contributed by atoms with Crippen LogP contribution in [0.4, 0.5) is 16.3 Å². The topological polar surface area (TPSA) is 103 Å². The summed E-state index contributed by atoms with van der Waals surface area (Å²) in [7, 11) is 3.21. The molecular formula is C23H27N5O4. The summed E-state index contributed by atoms with van der Waals surface area (Å²) in [6.45, 7) is 4.58. The molecule has 1 aliphatic rings. The zero-order valence-corrected chi connectivity index (χ0v) is 18.5. The summed E-state index contributed by atoms with van der Waals surface area (Å²) in [4.78, 5) is 25.2. The molecule has 1 saturated heterocycles. The predicted octanol–water partition coefficient (Wildman–Crippen LogP) is 3.17. The molecule has 32 heavy (non-hydrogen) atoms. The molecule has 0 radical (unpaired) electrons. The second-order valence-corrected chi connectivity index (χ2v) is 7.37. The Labute approximate surface area is 186 Å². The lowest BCUT2D eigenvalue weighted by Crippen LogP contribution is -2.49. The molecule has 0 saturated carbocycles. The summed E-state index contributed by atoms with van der Waals surface area (Å²) in [5, 5.41) is 0. The van der Waals surface area contributed by atoms with Gasteiger partial charge in [-0.1, -0.05) is 6.07 Å². The van der Waals surface area contributed by atoms with E-state index >= 15 is 0 Å². The van der Waals surface area contributed by atoms with Crippen molar-refractivity contribution in [2.45, 2.75) is 6.92 Å². The average Bonchev–Trinajstić information content (AvgIpc) is 2.83.